The number of ether oxygens (including phenoxy) is 2. The van der Waals surface area contributed by atoms with Gasteiger partial charge in [0.2, 0.25) is 5.91 Å². The molecule has 3 rings (SSSR count). The smallest absolute Gasteiger partial charge is 0.248 e. The van der Waals surface area contributed by atoms with Gasteiger partial charge in [-0.05, 0) is 31.5 Å². The van der Waals surface area contributed by atoms with E-state index in [2.05, 4.69) is 5.32 Å². The van der Waals surface area contributed by atoms with E-state index in [9.17, 15) is 4.79 Å². The summed E-state index contributed by atoms with van der Waals surface area (Å²) in [6, 6.07) is 10.1. The molecule has 2 fully saturated rings. The molecule has 2 saturated heterocycles. The van der Waals surface area contributed by atoms with Crippen molar-refractivity contribution in [3.8, 4) is 0 Å². The minimum atomic E-state index is -0.0298. The second-order valence-electron chi connectivity index (χ2n) is 5.87. The fourth-order valence-corrected chi connectivity index (χ4v) is 2.99. The van der Waals surface area contributed by atoms with Crippen LogP contribution in [-0.4, -0.2) is 56.3 Å². The van der Waals surface area contributed by atoms with Crippen molar-refractivity contribution in [3.63, 3.8) is 0 Å². The van der Waals surface area contributed by atoms with Crippen LogP contribution in [0.4, 0.5) is 0 Å². The van der Waals surface area contributed by atoms with Crippen LogP contribution in [0.3, 0.4) is 0 Å². The number of nitrogens with zero attached hydrogens (tertiary/aromatic N) is 1. The van der Waals surface area contributed by atoms with Crippen molar-refractivity contribution in [1.29, 1.82) is 0 Å². The number of amides is 1. The summed E-state index contributed by atoms with van der Waals surface area (Å²) < 4.78 is 11.6. The first-order valence-electron chi connectivity index (χ1n) is 8.09. The Labute approximate surface area is 131 Å². The third-order valence-corrected chi connectivity index (χ3v) is 4.32. The molecule has 1 amide bonds. The predicted molar refractivity (Wildman–Crippen MR) is 83.6 cm³/mol. The zero-order valence-corrected chi connectivity index (χ0v) is 12.9. The molecule has 0 spiro atoms. The summed E-state index contributed by atoms with van der Waals surface area (Å²) in [7, 11) is 0. The third-order valence-electron chi connectivity index (χ3n) is 4.32. The number of carbonyl (C=O) groups excluding carboxylic acids is 1. The predicted octanol–water partition coefficient (Wildman–Crippen LogP) is 1.36. The first kappa shape index (κ1) is 15.5. The Morgan fingerprint density at radius 2 is 2.05 bits per heavy atom. The summed E-state index contributed by atoms with van der Waals surface area (Å²) >= 11 is 0. The van der Waals surface area contributed by atoms with Gasteiger partial charge < -0.3 is 19.7 Å². The molecule has 1 unspecified atom stereocenters. The molecule has 120 valence electrons. The van der Waals surface area contributed by atoms with Gasteiger partial charge in [0.25, 0.3) is 0 Å². The zero-order valence-electron chi connectivity index (χ0n) is 12.9. The van der Waals surface area contributed by atoms with Crippen molar-refractivity contribution in [2.45, 2.75) is 25.0 Å². The highest BCUT2D eigenvalue weighted by atomic mass is 16.5. The molecule has 1 N–H and O–H groups in total. The molecule has 2 aliphatic rings. The Bertz CT molecular complexity index is 474. The highest BCUT2D eigenvalue weighted by molar-refractivity contribution is 5.77. The molecular weight excluding hydrogens is 280 g/mol. The van der Waals surface area contributed by atoms with Gasteiger partial charge in [-0.25, -0.2) is 0 Å². The van der Waals surface area contributed by atoms with Crippen LogP contribution < -0.4 is 5.32 Å². The SMILES string of the molecule is O=C(COC1CCNCC1)N1CCOC(c2ccccc2)C1. The molecule has 5 nitrogen and oxygen atoms in total. The van der Waals surface area contributed by atoms with E-state index < -0.39 is 0 Å². The minimum absolute atomic E-state index is 0.0298. The lowest BCUT2D eigenvalue weighted by Crippen LogP contribution is -2.44. The van der Waals surface area contributed by atoms with Crippen LogP contribution in [-0.2, 0) is 14.3 Å². The van der Waals surface area contributed by atoms with E-state index in [0.29, 0.717) is 19.7 Å². The van der Waals surface area contributed by atoms with Crippen LogP contribution in [0.25, 0.3) is 0 Å². The van der Waals surface area contributed by atoms with Gasteiger partial charge in [-0.3, -0.25) is 4.79 Å². The lowest BCUT2D eigenvalue weighted by atomic mass is 10.1. The fraction of sp³-hybridized carbons (Fsp3) is 0.588. The van der Waals surface area contributed by atoms with Gasteiger partial charge >= 0.3 is 0 Å². The van der Waals surface area contributed by atoms with Crippen LogP contribution in [0, 0.1) is 0 Å². The van der Waals surface area contributed by atoms with Gasteiger partial charge in [0.05, 0.1) is 19.3 Å². The normalized spacial score (nSPS) is 23.5. The maximum Gasteiger partial charge on any atom is 0.248 e. The monoisotopic (exact) mass is 304 g/mol. The van der Waals surface area contributed by atoms with Gasteiger partial charge in [0.1, 0.15) is 12.7 Å². The van der Waals surface area contributed by atoms with E-state index in [0.717, 1.165) is 31.5 Å². The van der Waals surface area contributed by atoms with E-state index in [4.69, 9.17) is 9.47 Å². The molecular formula is C17H24N2O3. The van der Waals surface area contributed by atoms with Crippen molar-refractivity contribution in [2.75, 3.05) is 39.4 Å². The van der Waals surface area contributed by atoms with Crippen LogP contribution in [0.15, 0.2) is 30.3 Å². The van der Waals surface area contributed by atoms with Gasteiger partial charge in [0, 0.05) is 6.54 Å². The van der Waals surface area contributed by atoms with Crippen LogP contribution >= 0.6 is 0 Å². The van der Waals surface area contributed by atoms with Crippen molar-refractivity contribution in [2.24, 2.45) is 0 Å². The summed E-state index contributed by atoms with van der Waals surface area (Å²) in [6.45, 7) is 3.99. The number of carbonyl (C=O) groups is 1. The Kier molecular flexibility index (Phi) is 5.43. The molecule has 5 heteroatoms. The second kappa shape index (κ2) is 7.72. The van der Waals surface area contributed by atoms with Gasteiger partial charge in [-0.1, -0.05) is 30.3 Å². The molecule has 2 aliphatic heterocycles. The van der Waals surface area contributed by atoms with E-state index in [-0.39, 0.29) is 24.7 Å². The molecule has 0 aliphatic carbocycles. The van der Waals surface area contributed by atoms with Crippen molar-refractivity contribution in [3.05, 3.63) is 35.9 Å². The molecule has 0 bridgehead atoms. The minimum Gasteiger partial charge on any atom is -0.370 e. The standard InChI is InChI=1S/C17H24N2O3/c20-17(13-22-15-6-8-18-9-7-15)19-10-11-21-16(12-19)14-4-2-1-3-5-14/h1-5,15-16,18H,6-13H2. The van der Waals surface area contributed by atoms with E-state index in [1.165, 1.54) is 0 Å². The lowest BCUT2D eigenvalue weighted by Gasteiger charge is -2.33. The number of morpholine rings is 1. The van der Waals surface area contributed by atoms with Crippen LogP contribution in [0.1, 0.15) is 24.5 Å². The fourth-order valence-electron chi connectivity index (χ4n) is 2.99. The largest absolute Gasteiger partial charge is 0.370 e. The van der Waals surface area contributed by atoms with Crippen LogP contribution in [0.5, 0.6) is 0 Å². The zero-order chi connectivity index (χ0) is 15.2. The lowest BCUT2D eigenvalue weighted by molar-refractivity contribution is -0.146. The number of hydrogen-bond donors (Lipinski definition) is 1. The molecule has 1 aromatic carbocycles. The highest BCUT2D eigenvalue weighted by Gasteiger charge is 2.26. The topological polar surface area (TPSA) is 50.8 Å². The first-order chi connectivity index (χ1) is 10.8. The summed E-state index contributed by atoms with van der Waals surface area (Å²) in [5.41, 5.74) is 1.12. The molecule has 1 aromatic rings. The number of benzene rings is 1. The third kappa shape index (κ3) is 4.06. The Morgan fingerprint density at radius 1 is 1.27 bits per heavy atom. The van der Waals surface area contributed by atoms with Gasteiger partial charge in [-0.2, -0.15) is 0 Å². The second-order valence-corrected chi connectivity index (χ2v) is 5.87. The average Bonchev–Trinajstić information content (AvgIpc) is 2.61. The van der Waals surface area contributed by atoms with Crippen LogP contribution in [0.2, 0.25) is 0 Å². The average molecular weight is 304 g/mol. The van der Waals surface area contributed by atoms with Crippen molar-refractivity contribution < 1.29 is 14.3 Å². The molecule has 0 aromatic heterocycles. The number of piperidine rings is 1. The number of rotatable bonds is 4. The van der Waals surface area contributed by atoms with E-state index in [1.807, 2.05) is 35.2 Å². The molecule has 1 atom stereocenters. The van der Waals surface area contributed by atoms with E-state index >= 15 is 0 Å². The van der Waals surface area contributed by atoms with Gasteiger partial charge in [-0.15, -0.1) is 0 Å². The first-order valence-corrected chi connectivity index (χ1v) is 8.09. The summed E-state index contributed by atoms with van der Waals surface area (Å²) in [4.78, 5) is 14.2. The molecule has 0 saturated carbocycles. The molecule has 0 radical (unpaired) electrons. The molecule has 22 heavy (non-hydrogen) atoms. The molecule has 2 heterocycles. The summed E-state index contributed by atoms with van der Waals surface area (Å²) in [5.74, 6) is 0.0720. The number of nitrogens with one attached hydrogen (secondary N) is 1. The van der Waals surface area contributed by atoms with Crippen molar-refractivity contribution in [1.82, 2.24) is 10.2 Å². The van der Waals surface area contributed by atoms with Gasteiger partial charge in [0.15, 0.2) is 0 Å². The van der Waals surface area contributed by atoms with E-state index in [1.54, 1.807) is 0 Å². The quantitative estimate of drug-likeness (QED) is 0.912. The maximum absolute atomic E-state index is 12.3. The summed E-state index contributed by atoms with van der Waals surface area (Å²) in [6.07, 6.45) is 2.17. The maximum atomic E-state index is 12.3. The Balaban J connectivity index is 1.49. The van der Waals surface area contributed by atoms with Crippen molar-refractivity contribution >= 4 is 5.91 Å². The summed E-state index contributed by atoms with van der Waals surface area (Å²) in [5, 5.41) is 3.30. The Hall–Kier alpha value is -1.43. The Morgan fingerprint density at radius 3 is 2.82 bits per heavy atom. The number of hydrogen-bond acceptors (Lipinski definition) is 4. The highest BCUT2D eigenvalue weighted by Crippen LogP contribution is 2.22.